The van der Waals surface area contributed by atoms with Crippen LogP contribution in [0.25, 0.3) is 0 Å². The van der Waals surface area contributed by atoms with Crippen LogP contribution in [0.1, 0.15) is 34.9 Å². The third-order valence-corrected chi connectivity index (χ3v) is 5.26. The van der Waals surface area contributed by atoms with E-state index in [1.54, 1.807) is 13.3 Å². The van der Waals surface area contributed by atoms with Crippen LogP contribution in [0.15, 0.2) is 35.7 Å². The molecule has 2 aromatic rings. The minimum absolute atomic E-state index is 0.0668. The fourth-order valence-corrected chi connectivity index (χ4v) is 3.86. The first kappa shape index (κ1) is 17.9. The minimum atomic E-state index is 0.0668. The SMILES string of the molecule is COCCn1ccnc1[C@@H]1CCCN(C(=O)c2cccnc2SC)C1. The summed E-state index contributed by atoms with van der Waals surface area (Å²) in [5.74, 6) is 1.38. The first-order valence-electron chi connectivity index (χ1n) is 8.52. The van der Waals surface area contributed by atoms with Crippen LogP contribution in [0, 0.1) is 0 Å². The van der Waals surface area contributed by atoms with Gasteiger partial charge in [0.15, 0.2) is 0 Å². The van der Waals surface area contributed by atoms with E-state index in [1.165, 1.54) is 11.8 Å². The second-order valence-corrected chi connectivity index (χ2v) is 6.92. The molecule has 1 aliphatic rings. The van der Waals surface area contributed by atoms with Crippen molar-refractivity contribution < 1.29 is 9.53 Å². The molecule has 1 fully saturated rings. The lowest BCUT2D eigenvalue weighted by Gasteiger charge is -2.33. The lowest BCUT2D eigenvalue weighted by atomic mass is 9.96. The van der Waals surface area contributed by atoms with Crippen LogP contribution in [0.4, 0.5) is 0 Å². The molecule has 0 unspecified atom stereocenters. The van der Waals surface area contributed by atoms with Crippen molar-refractivity contribution >= 4 is 17.7 Å². The van der Waals surface area contributed by atoms with Gasteiger partial charge in [0.05, 0.1) is 12.2 Å². The highest BCUT2D eigenvalue weighted by Gasteiger charge is 2.29. The zero-order valence-corrected chi connectivity index (χ0v) is 15.5. The monoisotopic (exact) mass is 360 g/mol. The number of ether oxygens (including phenoxy) is 1. The molecule has 0 bridgehead atoms. The number of likely N-dealkylation sites (tertiary alicyclic amines) is 1. The number of imidazole rings is 1. The number of amides is 1. The number of carbonyl (C=O) groups is 1. The van der Waals surface area contributed by atoms with Crippen molar-refractivity contribution in [3.8, 4) is 0 Å². The molecule has 0 radical (unpaired) electrons. The van der Waals surface area contributed by atoms with E-state index >= 15 is 0 Å². The Kier molecular flexibility index (Phi) is 6.09. The van der Waals surface area contributed by atoms with Gasteiger partial charge in [-0.25, -0.2) is 9.97 Å². The molecule has 6 nitrogen and oxygen atoms in total. The first-order valence-corrected chi connectivity index (χ1v) is 9.75. The van der Waals surface area contributed by atoms with Crippen molar-refractivity contribution in [1.29, 1.82) is 0 Å². The van der Waals surface area contributed by atoms with Crippen LogP contribution in [0.2, 0.25) is 0 Å². The number of thioether (sulfide) groups is 1. The van der Waals surface area contributed by atoms with Gasteiger partial charge in [0.25, 0.3) is 5.91 Å². The molecule has 0 N–H and O–H groups in total. The van der Waals surface area contributed by atoms with E-state index in [1.807, 2.05) is 35.7 Å². The molecule has 134 valence electrons. The number of piperidine rings is 1. The van der Waals surface area contributed by atoms with Crippen molar-refractivity contribution in [3.63, 3.8) is 0 Å². The Bertz CT molecular complexity index is 719. The fraction of sp³-hybridized carbons (Fsp3) is 0.500. The Morgan fingerprint density at radius 2 is 2.28 bits per heavy atom. The maximum atomic E-state index is 13.0. The summed E-state index contributed by atoms with van der Waals surface area (Å²) in [4.78, 5) is 23.8. The number of hydrogen-bond donors (Lipinski definition) is 0. The van der Waals surface area contributed by atoms with Crippen molar-refractivity contribution in [2.45, 2.75) is 30.3 Å². The molecule has 0 spiro atoms. The molecular weight excluding hydrogens is 336 g/mol. The van der Waals surface area contributed by atoms with Gasteiger partial charge in [-0.2, -0.15) is 0 Å². The van der Waals surface area contributed by atoms with Gasteiger partial charge in [-0.1, -0.05) is 0 Å². The predicted octanol–water partition coefficient (Wildman–Crippen LogP) is 2.67. The van der Waals surface area contributed by atoms with Gasteiger partial charge in [0.1, 0.15) is 10.9 Å². The largest absolute Gasteiger partial charge is 0.383 e. The lowest BCUT2D eigenvalue weighted by molar-refractivity contribution is 0.0698. The number of pyridine rings is 1. The van der Waals surface area contributed by atoms with Crippen LogP contribution in [-0.4, -0.2) is 58.4 Å². The normalized spacial score (nSPS) is 17.7. The molecule has 1 saturated heterocycles. The second-order valence-electron chi connectivity index (χ2n) is 6.12. The van der Waals surface area contributed by atoms with Crippen LogP contribution in [0.5, 0.6) is 0 Å². The average molecular weight is 360 g/mol. The number of nitrogens with zero attached hydrogens (tertiary/aromatic N) is 4. The topological polar surface area (TPSA) is 60.2 Å². The average Bonchev–Trinajstić information content (AvgIpc) is 3.14. The van der Waals surface area contributed by atoms with Gasteiger partial charge in [-0.05, 0) is 31.2 Å². The Hall–Kier alpha value is -1.86. The van der Waals surface area contributed by atoms with E-state index in [4.69, 9.17) is 4.74 Å². The molecule has 0 aromatic carbocycles. The Balaban J connectivity index is 1.75. The lowest BCUT2D eigenvalue weighted by Crippen LogP contribution is -2.40. The number of methoxy groups -OCH3 is 1. The van der Waals surface area contributed by atoms with Gasteiger partial charge in [0, 0.05) is 51.3 Å². The Labute approximate surface area is 152 Å². The second kappa shape index (κ2) is 8.49. The molecule has 1 aliphatic heterocycles. The van der Waals surface area contributed by atoms with Crippen molar-refractivity contribution in [2.24, 2.45) is 0 Å². The van der Waals surface area contributed by atoms with Crippen LogP contribution in [0.3, 0.4) is 0 Å². The molecule has 3 heterocycles. The summed E-state index contributed by atoms with van der Waals surface area (Å²) in [5, 5.41) is 0.788. The Morgan fingerprint density at radius 1 is 1.40 bits per heavy atom. The summed E-state index contributed by atoms with van der Waals surface area (Å²) in [7, 11) is 1.70. The number of carbonyl (C=O) groups excluding carboxylic acids is 1. The van der Waals surface area contributed by atoms with Crippen LogP contribution in [-0.2, 0) is 11.3 Å². The molecule has 0 aliphatic carbocycles. The van der Waals surface area contributed by atoms with E-state index in [0.717, 1.165) is 36.8 Å². The molecule has 1 atom stereocenters. The van der Waals surface area contributed by atoms with E-state index in [0.29, 0.717) is 18.7 Å². The maximum absolute atomic E-state index is 13.0. The van der Waals surface area contributed by atoms with Gasteiger partial charge >= 0.3 is 0 Å². The summed E-state index contributed by atoms with van der Waals surface area (Å²) < 4.78 is 7.32. The fourth-order valence-electron chi connectivity index (χ4n) is 3.32. The van der Waals surface area contributed by atoms with E-state index in [2.05, 4.69) is 14.5 Å². The highest BCUT2D eigenvalue weighted by Crippen LogP contribution is 2.28. The van der Waals surface area contributed by atoms with E-state index in [-0.39, 0.29) is 11.8 Å². The first-order chi connectivity index (χ1) is 12.2. The maximum Gasteiger partial charge on any atom is 0.256 e. The standard InChI is InChI=1S/C18H24N4O2S/c1-24-12-11-21-10-8-19-16(21)14-5-4-9-22(13-14)18(23)15-6-3-7-20-17(15)25-2/h3,6-8,10,14H,4-5,9,11-13H2,1-2H3/t14-/m1/s1. The molecule has 7 heteroatoms. The number of aromatic nitrogens is 3. The summed E-state index contributed by atoms with van der Waals surface area (Å²) in [6.07, 6.45) is 9.54. The third kappa shape index (κ3) is 4.04. The number of rotatable bonds is 6. The summed E-state index contributed by atoms with van der Waals surface area (Å²) in [6, 6.07) is 3.69. The minimum Gasteiger partial charge on any atom is -0.383 e. The molecule has 25 heavy (non-hydrogen) atoms. The van der Waals surface area contributed by atoms with Gasteiger partial charge < -0.3 is 14.2 Å². The van der Waals surface area contributed by atoms with Crippen molar-refractivity contribution in [2.75, 3.05) is 33.1 Å². The van der Waals surface area contributed by atoms with Gasteiger partial charge in [0.2, 0.25) is 0 Å². The molecule has 2 aromatic heterocycles. The molecular formula is C18H24N4O2S. The Morgan fingerprint density at radius 3 is 3.08 bits per heavy atom. The summed E-state index contributed by atoms with van der Waals surface area (Å²) >= 11 is 1.51. The quantitative estimate of drug-likeness (QED) is 0.741. The molecule has 1 amide bonds. The van der Waals surface area contributed by atoms with Crippen molar-refractivity contribution in [1.82, 2.24) is 19.4 Å². The smallest absolute Gasteiger partial charge is 0.256 e. The van der Waals surface area contributed by atoms with Crippen molar-refractivity contribution in [3.05, 3.63) is 42.1 Å². The van der Waals surface area contributed by atoms with E-state index in [9.17, 15) is 4.79 Å². The highest BCUT2D eigenvalue weighted by molar-refractivity contribution is 7.98. The zero-order chi connectivity index (χ0) is 17.6. The van der Waals surface area contributed by atoms with Crippen LogP contribution < -0.4 is 0 Å². The summed E-state index contributed by atoms with van der Waals surface area (Å²) in [6.45, 7) is 2.93. The third-order valence-electron chi connectivity index (χ3n) is 4.55. The molecule has 3 rings (SSSR count). The number of hydrogen-bond acceptors (Lipinski definition) is 5. The van der Waals surface area contributed by atoms with Gasteiger partial charge in [-0.15, -0.1) is 11.8 Å². The van der Waals surface area contributed by atoms with E-state index < -0.39 is 0 Å². The molecule has 0 saturated carbocycles. The zero-order valence-electron chi connectivity index (χ0n) is 14.7. The summed E-state index contributed by atoms with van der Waals surface area (Å²) in [5.41, 5.74) is 0.693. The van der Waals surface area contributed by atoms with Gasteiger partial charge in [-0.3, -0.25) is 4.79 Å². The highest BCUT2D eigenvalue weighted by atomic mass is 32.2. The van der Waals surface area contributed by atoms with Crippen LogP contribution >= 0.6 is 11.8 Å². The predicted molar refractivity (Wildman–Crippen MR) is 98.0 cm³/mol.